The highest BCUT2D eigenvalue weighted by molar-refractivity contribution is 5.82. The molecule has 126 valence electrons. The van der Waals surface area contributed by atoms with Crippen molar-refractivity contribution in [1.82, 2.24) is 4.90 Å². The Kier molecular flexibility index (Phi) is 5.15. The van der Waals surface area contributed by atoms with E-state index in [1.807, 2.05) is 23.1 Å². The van der Waals surface area contributed by atoms with Gasteiger partial charge < -0.3 is 9.64 Å². The average molecular weight is 332 g/mol. The van der Waals surface area contributed by atoms with Crippen LogP contribution in [0.5, 0.6) is 5.75 Å². The topological polar surface area (TPSA) is 53.3 Å². The number of ether oxygens (including phenoxy) is 1. The monoisotopic (exact) mass is 332 g/mol. The molecule has 1 atom stereocenters. The number of hydrogen-bond donors (Lipinski definition) is 0. The van der Waals surface area contributed by atoms with Gasteiger partial charge in [-0.25, -0.2) is 0 Å². The highest BCUT2D eigenvalue weighted by Crippen LogP contribution is 2.23. The SMILES string of the molecule is C[C@H](Oc1ccc(C#N)cc1)C(=O)N1CC=C(c2ccccc2)CC1. The van der Waals surface area contributed by atoms with Crippen molar-refractivity contribution in [2.45, 2.75) is 19.4 Å². The fourth-order valence-electron chi connectivity index (χ4n) is 2.90. The lowest BCUT2D eigenvalue weighted by molar-refractivity contribution is -0.137. The molecule has 1 heterocycles. The molecule has 0 aliphatic carbocycles. The van der Waals surface area contributed by atoms with Crippen LogP contribution < -0.4 is 4.74 Å². The van der Waals surface area contributed by atoms with E-state index in [1.54, 1.807) is 31.2 Å². The summed E-state index contributed by atoms with van der Waals surface area (Å²) in [4.78, 5) is 14.4. The largest absolute Gasteiger partial charge is 0.481 e. The third-order valence-corrected chi connectivity index (χ3v) is 4.31. The summed E-state index contributed by atoms with van der Waals surface area (Å²) in [6.45, 7) is 3.06. The number of amides is 1. The minimum atomic E-state index is -0.556. The van der Waals surface area contributed by atoms with E-state index in [9.17, 15) is 4.79 Å². The van der Waals surface area contributed by atoms with Crippen molar-refractivity contribution in [1.29, 1.82) is 5.26 Å². The lowest BCUT2D eigenvalue weighted by Crippen LogP contribution is -2.42. The predicted molar refractivity (Wildman–Crippen MR) is 96.9 cm³/mol. The highest BCUT2D eigenvalue weighted by Gasteiger charge is 2.24. The highest BCUT2D eigenvalue weighted by atomic mass is 16.5. The molecular weight excluding hydrogens is 312 g/mol. The first-order valence-corrected chi connectivity index (χ1v) is 8.37. The molecule has 0 fully saturated rings. The third kappa shape index (κ3) is 4.07. The minimum Gasteiger partial charge on any atom is -0.481 e. The van der Waals surface area contributed by atoms with Gasteiger partial charge in [-0.15, -0.1) is 0 Å². The van der Waals surface area contributed by atoms with Crippen molar-refractivity contribution in [3.63, 3.8) is 0 Å². The molecule has 0 unspecified atom stereocenters. The average Bonchev–Trinajstić information content (AvgIpc) is 2.69. The number of nitrogens with zero attached hydrogens (tertiary/aromatic N) is 2. The van der Waals surface area contributed by atoms with Crippen LogP contribution in [-0.4, -0.2) is 30.0 Å². The summed E-state index contributed by atoms with van der Waals surface area (Å²) in [7, 11) is 0. The van der Waals surface area contributed by atoms with Crippen LogP contribution in [0, 0.1) is 11.3 Å². The maximum absolute atomic E-state index is 12.6. The van der Waals surface area contributed by atoms with Crippen molar-refractivity contribution in [2.75, 3.05) is 13.1 Å². The van der Waals surface area contributed by atoms with Crippen molar-refractivity contribution in [3.8, 4) is 11.8 Å². The smallest absolute Gasteiger partial charge is 0.263 e. The van der Waals surface area contributed by atoms with E-state index in [0.29, 0.717) is 24.4 Å². The van der Waals surface area contributed by atoms with E-state index in [4.69, 9.17) is 10.00 Å². The van der Waals surface area contributed by atoms with Crippen molar-refractivity contribution >= 4 is 11.5 Å². The summed E-state index contributed by atoms with van der Waals surface area (Å²) in [6.07, 6.45) is 2.41. The number of hydrogen-bond acceptors (Lipinski definition) is 3. The molecule has 0 saturated carbocycles. The molecule has 2 aromatic carbocycles. The molecule has 0 aromatic heterocycles. The molecule has 0 spiro atoms. The summed E-state index contributed by atoms with van der Waals surface area (Å²) in [5, 5.41) is 8.82. The Labute approximate surface area is 148 Å². The molecule has 0 bridgehead atoms. The third-order valence-electron chi connectivity index (χ3n) is 4.31. The van der Waals surface area contributed by atoms with E-state index >= 15 is 0 Å². The molecule has 2 aromatic rings. The van der Waals surface area contributed by atoms with Crippen molar-refractivity contribution in [3.05, 3.63) is 71.8 Å². The van der Waals surface area contributed by atoms with Crippen LogP contribution in [0.2, 0.25) is 0 Å². The van der Waals surface area contributed by atoms with Gasteiger partial charge >= 0.3 is 0 Å². The van der Waals surface area contributed by atoms with E-state index in [2.05, 4.69) is 24.3 Å². The van der Waals surface area contributed by atoms with Gasteiger partial charge in [0.15, 0.2) is 6.10 Å². The molecular formula is C21H20N2O2. The zero-order valence-electron chi connectivity index (χ0n) is 14.2. The van der Waals surface area contributed by atoms with Crippen LogP contribution >= 0.6 is 0 Å². The van der Waals surface area contributed by atoms with Crippen LogP contribution in [0.1, 0.15) is 24.5 Å². The molecule has 0 radical (unpaired) electrons. The molecule has 0 N–H and O–H groups in total. The zero-order valence-corrected chi connectivity index (χ0v) is 14.2. The van der Waals surface area contributed by atoms with Crippen LogP contribution in [-0.2, 0) is 4.79 Å². The van der Waals surface area contributed by atoms with Crippen LogP contribution in [0.15, 0.2) is 60.7 Å². The quantitative estimate of drug-likeness (QED) is 0.859. The van der Waals surface area contributed by atoms with Gasteiger partial charge in [-0.1, -0.05) is 36.4 Å². The molecule has 1 amide bonds. The number of carbonyl (C=O) groups is 1. The Hall–Kier alpha value is -3.06. The number of benzene rings is 2. The van der Waals surface area contributed by atoms with Crippen LogP contribution in [0.3, 0.4) is 0 Å². The first-order chi connectivity index (χ1) is 12.2. The van der Waals surface area contributed by atoms with Crippen molar-refractivity contribution in [2.24, 2.45) is 0 Å². The van der Waals surface area contributed by atoms with Gasteiger partial charge in [-0.05, 0) is 48.7 Å². The summed E-state index contributed by atoms with van der Waals surface area (Å²) in [6, 6.07) is 19.1. The van der Waals surface area contributed by atoms with E-state index < -0.39 is 6.10 Å². The lowest BCUT2D eigenvalue weighted by atomic mass is 9.99. The van der Waals surface area contributed by atoms with E-state index in [-0.39, 0.29) is 5.91 Å². The maximum atomic E-state index is 12.6. The summed E-state index contributed by atoms with van der Waals surface area (Å²) in [5.74, 6) is 0.574. The lowest BCUT2D eigenvalue weighted by Gasteiger charge is -2.29. The number of rotatable bonds is 4. The Morgan fingerprint density at radius 3 is 2.48 bits per heavy atom. The number of nitriles is 1. The van der Waals surface area contributed by atoms with Gasteiger partial charge in [0.25, 0.3) is 5.91 Å². The summed E-state index contributed by atoms with van der Waals surface area (Å²) in [5.41, 5.74) is 3.07. The van der Waals surface area contributed by atoms with Gasteiger partial charge in [-0.3, -0.25) is 4.79 Å². The summed E-state index contributed by atoms with van der Waals surface area (Å²) >= 11 is 0. The van der Waals surface area contributed by atoms with Gasteiger partial charge in [-0.2, -0.15) is 5.26 Å². The van der Waals surface area contributed by atoms with Crippen LogP contribution in [0.25, 0.3) is 5.57 Å². The number of carbonyl (C=O) groups excluding carboxylic acids is 1. The second-order valence-electron chi connectivity index (χ2n) is 6.03. The Morgan fingerprint density at radius 2 is 1.88 bits per heavy atom. The summed E-state index contributed by atoms with van der Waals surface area (Å²) < 4.78 is 5.72. The second-order valence-corrected chi connectivity index (χ2v) is 6.03. The molecule has 0 saturated heterocycles. The second kappa shape index (κ2) is 7.67. The molecule has 1 aliphatic heterocycles. The first kappa shape index (κ1) is 16.8. The van der Waals surface area contributed by atoms with Crippen LogP contribution in [0.4, 0.5) is 0 Å². The normalized spacial score (nSPS) is 15.0. The molecule has 25 heavy (non-hydrogen) atoms. The van der Waals surface area contributed by atoms with E-state index in [0.717, 1.165) is 6.42 Å². The first-order valence-electron chi connectivity index (χ1n) is 8.37. The Bertz CT molecular complexity index is 804. The fourth-order valence-corrected chi connectivity index (χ4v) is 2.90. The molecule has 4 heteroatoms. The fraction of sp³-hybridized carbons (Fsp3) is 0.238. The Morgan fingerprint density at radius 1 is 1.16 bits per heavy atom. The standard InChI is InChI=1S/C21H20N2O2/c1-16(25-20-9-7-17(15-22)8-10-20)21(24)23-13-11-19(12-14-23)18-5-3-2-4-6-18/h2-11,16H,12-14H2,1H3/t16-/m0/s1. The predicted octanol–water partition coefficient (Wildman–Crippen LogP) is 3.64. The zero-order chi connectivity index (χ0) is 17.6. The Balaban J connectivity index is 1.59. The van der Waals surface area contributed by atoms with Gasteiger partial charge in [0.1, 0.15) is 5.75 Å². The van der Waals surface area contributed by atoms with Crippen molar-refractivity contribution < 1.29 is 9.53 Å². The van der Waals surface area contributed by atoms with E-state index in [1.165, 1.54) is 11.1 Å². The minimum absolute atomic E-state index is 0.0206. The molecule has 4 nitrogen and oxygen atoms in total. The molecule has 3 rings (SSSR count). The van der Waals surface area contributed by atoms with Gasteiger partial charge in [0.2, 0.25) is 0 Å². The van der Waals surface area contributed by atoms with Gasteiger partial charge in [0.05, 0.1) is 11.6 Å². The van der Waals surface area contributed by atoms with Gasteiger partial charge in [0, 0.05) is 13.1 Å². The molecule has 1 aliphatic rings. The maximum Gasteiger partial charge on any atom is 0.263 e.